The Balaban J connectivity index is 1.74. The number of anilines is 1. The van der Waals surface area contributed by atoms with Crippen molar-refractivity contribution in [2.24, 2.45) is 0 Å². The summed E-state index contributed by atoms with van der Waals surface area (Å²) in [6, 6.07) is 13.8. The van der Waals surface area contributed by atoms with E-state index in [1.807, 2.05) is 6.07 Å². The molecule has 0 unspecified atom stereocenters. The van der Waals surface area contributed by atoms with Gasteiger partial charge in [-0.3, -0.25) is 25.2 Å². The molecule has 0 aromatic heterocycles. The minimum Gasteiger partial charge on any atom is -0.325 e. The Morgan fingerprint density at radius 3 is 2.36 bits per heavy atom. The summed E-state index contributed by atoms with van der Waals surface area (Å²) in [5.74, 6) is -1.23. The van der Waals surface area contributed by atoms with Gasteiger partial charge in [-0.25, -0.2) is 0 Å². The Kier molecular flexibility index (Phi) is 7.20. The molecule has 2 rings (SSSR count). The summed E-state index contributed by atoms with van der Waals surface area (Å²) < 4.78 is 0.910. The standard InChI is InChI=1S/C17H15ClIN3O3/c18-13-6-1-2-7-14(13)20-15(23)8-9-16(24)21-22-17(25)11-4-3-5-12(19)10-11/h1-7,10H,8-9H2,(H,20,23)(H,21,24)(H,22,25). The van der Waals surface area contributed by atoms with Gasteiger partial charge in [0, 0.05) is 22.0 Å². The van der Waals surface area contributed by atoms with Gasteiger partial charge in [-0.05, 0) is 52.9 Å². The van der Waals surface area contributed by atoms with Crippen LogP contribution in [0, 0.1) is 3.57 Å². The third kappa shape index (κ3) is 6.35. The molecule has 2 aromatic rings. The Morgan fingerprint density at radius 2 is 1.64 bits per heavy atom. The van der Waals surface area contributed by atoms with Gasteiger partial charge in [-0.1, -0.05) is 29.8 Å². The van der Waals surface area contributed by atoms with E-state index in [1.54, 1.807) is 42.5 Å². The second-order valence-electron chi connectivity index (χ2n) is 5.04. The molecule has 25 heavy (non-hydrogen) atoms. The predicted molar refractivity (Wildman–Crippen MR) is 104 cm³/mol. The van der Waals surface area contributed by atoms with Gasteiger partial charge in [0.25, 0.3) is 5.91 Å². The van der Waals surface area contributed by atoms with Crippen LogP contribution in [0.5, 0.6) is 0 Å². The molecule has 0 spiro atoms. The third-order valence-corrected chi connectivity index (χ3v) is 4.13. The Hall–Kier alpha value is -2.13. The van der Waals surface area contributed by atoms with E-state index in [-0.39, 0.29) is 18.7 Å². The first-order valence-electron chi connectivity index (χ1n) is 7.35. The highest BCUT2D eigenvalue weighted by Gasteiger charge is 2.10. The predicted octanol–water partition coefficient (Wildman–Crippen LogP) is 3.12. The van der Waals surface area contributed by atoms with Crippen LogP contribution in [0.15, 0.2) is 48.5 Å². The van der Waals surface area contributed by atoms with E-state index in [2.05, 4.69) is 38.8 Å². The fourth-order valence-electron chi connectivity index (χ4n) is 1.89. The van der Waals surface area contributed by atoms with Gasteiger partial charge in [0.15, 0.2) is 0 Å². The molecule has 0 fully saturated rings. The highest BCUT2D eigenvalue weighted by molar-refractivity contribution is 14.1. The zero-order valence-corrected chi connectivity index (χ0v) is 15.9. The van der Waals surface area contributed by atoms with Crippen LogP contribution in [0.2, 0.25) is 5.02 Å². The molecule has 2 aromatic carbocycles. The third-order valence-electron chi connectivity index (χ3n) is 3.13. The van der Waals surface area contributed by atoms with Crippen molar-refractivity contribution in [1.82, 2.24) is 10.9 Å². The fourth-order valence-corrected chi connectivity index (χ4v) is 2.62. The molecule has 0 saturated carbocycles. The fraction of sp³-hybridized carbons (Fsp3) is 0.118. The van der Waals surface area contributed by atoms with Crippen molar-refractivity contribution in [2.45, 2.75) is 12.8 Å². The SMILES string of the molecule is O=C(CCC(=O)Nc1ccccc1Cl)NNC(=O)c1cccc(I)c1. The lowest BCUT2D eigenvalue weighted by Gasteiger charge is -2.09. The van der Waals surface area contributed by atoms with Gasteiger partial charge in [-0.15, -0.1) is 0 Å². The number of benzene rings is 2. The monoisotopic (exact) mass is 471 g/mol. The number of nitrogens with one attached hydrogen (secondary N) is 3. The summed E-state index contributed by atoms with van der Waals surface area (Å²) in [6.07, 6.45) is -0.0982. The Labute approximate surface area is 163 Å². The van der Waals surface area contributed by atoms with Gasteiger partial charge < -0.3 is 5.32 Å². The van der Waals surface area contributed by atoms with Gasteiger partial charge in [0.1, 0.15) is 0 Å². The lowest BCUT2D eigenvalue weighted by Crippen LogP contribution is -2.41. The summed E-state index contributed by atoms with van der Waals surface area (Å²) in [5.41, 5.74) is 5.52. The topological polar surface area (TPSA) is 87.3 Å². The van der Waals surface area contributed by atoms with E-state index in [4.69, 9.17) is 11.6 Å². The van der Waals surface area contributed by atoms with Crippen LogP contribution in [-0.2, 0) is 9.59 Å². The van der Waals surface area contributed by atoms with E-state index in [1.165, 1.54) is 0 Å². The maximum atomic E-state index is 11.9. The average Bonchev–Trinajstić information content (AvgIpc) is 2.60. The summed E-state index contributed by atoms with van der Waals surface area (Å²) in [5, 5.41) is 3.04. The van der Waals surface area contributed by atoms with Gasteiger partial charge in [-0.2, -0.15) is 0 Å². The summed E-state index contributed by atoms with van der Waals surface area (Å²) >= 11 is 8.03. The van der Waals surface area contributed by atoms with Crippen LogP contribution in [-0.4, -0.2) is 17.7 Å². The number of hydrogen-bond acceptors (Lipinski definition) is 3. The molecule has 0 aliphatic rings. The van der Waals surface area contributed by atoms with Gasteiger partial charge in [0.05, 0.1) is 10.7 Å². The summed E-state index contributed by atoms with van der Waals surface area (Å²) in [6.45, 7) is 0. The normalized spacial score (nSPS) is 10.0. The second kappa shape index (κ2) is 9.38. The van der Waals surface area contributed by atoms with E-state index >= 15 is 0 Å². The first kappa shape index (κ1) is 19.2. The number of carbonyl (C=O) groups excluding carboxylic acids is 3. The molecule has 3 N–H and O–H groups in total. The van der Waals surface area contributed by atoms with Crippen LogP contribution in [0.25, 0.3) is 0 Å². The van der Waals surface area contributed by atoms with Crippen LogP contribution >= 0.6 is 34.2 Å². The first-order valence-corrected chi connectivity index (χ1v) is 8.80. The number of rotatable bonds is 5. The zero-order chi connectivity index (χ0) is 18.2. The molecular weight excluding hydrogens is 457 g/mol. The molecule has 0 aliphatic carbocycles. The molecule has 0 aliphatic heterocycles. The van der Waals surface area contributed by atoms with Crippen molar-refractivity contribution in [3.8, 4) is 0 Å². The van der Waals surface area contributed by atoms with Crippen LogP contribution in [0.4, 0.5) is 5.69 Å². The summed E-state index contributed by atoms with van der Waals surface area (Å²) in [7, 11) is 0. The number of amides is 3. The zero-order valence-electron chi connectivity index (χ0n) is 13.0. The molecule has 8 heteroatoms. The molecule has 0 atom stereocenters. The molecule has 0 heterocycles. The average molecular weight is 472 g/mol. The maximum absolute atomic E-state index is 11.9. The largest absolute Gasteiger partial charge is 0.325 e. The summed E-state index contributed by atoms with van der Waals surface area (Å²) in [4.78, 5) is 35.5. The van der Waals surface area contributed by atoms with Crippen molar-refractivity contribution in [3.63, 3.8) is 0 Å². The Bertz CT molecular complexity index is 798. The molecular formula is C17H15ClIN3O3. The molecule has 0 radical (unpaired) electrons. The van der Waals surface area contributed by atoms with Crippen molar-refractivity contribution >= 4 is 57.6 Å². The second-order valence-corrected chi connectivity index (χ2v) is 6.69. The minimum absolute atomic E-state index is 0.0316. The van der Waals surface area contributed by atoms with Gasteiger partial charge >= 0.3 is 0 Å². The highest BCUT2D eigenvalue weighted by Crippen LogP contribution is 2.20. The quantitative estimate of drug-likeness (QED) is 0.463. The number of hydrogen-bond donors (Lipinski definition) is 3. The number of para-hydroxylation sites is 1. The number of carbonyl (C=O) groups is 3. The molecule has 0 bridgehead atoms. The van der Waals surface area contributed by atoms with E-state index in [9.17, 15) is 14.4 Å². The van der Waals surface area contributed by atoms with Crippen LogP contribution < -0.4 is 16.2 Å². The smallest absolute Gasteiger partial charge is 0.269 e. The van der Waals surface area contributed by atoms with Gasteiger partial charge in [0.2, 0.25) is 11.8 Å². The molecule has 3 amide bonds. The van der Waals surface area contributed by atoms with E-state index in [0.29, 0.717) is 16.3 Å². The van der Waals surface area contributed by atoms with Crippen molar-refractivity contribution in [2.75, 3.05) is 5.32 Å². The number of hydrazine groups is 1. The van der Waals surface area contributed by atoms with Crippen molar-refractivity contribution in [3.05, 3.63) is 62.7 Å². The lowest BCUT2D eigenvalue weighted by molar-refractivity contribution is -0.124. The molecule has 0 saturated heterocycles. The lowest BCUT2D eigenvalue weighted by atomic mass is 10.2. The molecule has 6 nitrogen and oxygen atoms in total. The van der Waals surface area contributed by atoms with Crippen molar-refractivity contribution in [1.29, 1.82) is 0 Å². The van der Waals surface area contributed by atoms with E-state index in [0.717, 1.165) is 3.57 Å². The maximum Gasteiger partial charge on any atom is 0.269 e. The first-order chi connectivity index (χ1) is 12.0. The Morgan fingerprint density at radius 1 is 0.920 bits per heavy atom. The minimum atomic E-state index is -0.465. The van der Waals surface area contributed by atoms with Crippen molar-refractivity contribution < 1.29 is 14.4 Å². The van der Waals surface area contributed by atoms with E-state index < -0.39 is 11.8 Å². The number of halogens is 2. The highest BCUT2D eigenvalue weighted by atomic mass is 127. The molecule has 130 valence electrons. The van der Waals surface area contributed by atoms with Crippen LogP contribution in [0.3, 0.4) is 0 Å². The van der Waals surface area contributed by atoms with Crippen LogP contribution in [0.1, 0.15) is 23.2 Å².